The number of carbonyl (C=O) groups is 3. The lowest BCUT2D eigenvalue weighted by Gasteiger charge is -2.45. The Labute approximate surface area is 246 Å². The molecule has 3 amide bonds. The number of nitrogens with one attached hydrogen (secondary N) is 1. The lowest BCUT2D eigenvalue weighted by atomic mass is 9.95. The second-order valence-electron chi connectivity index (χ2n) is 11.2. The van der Waals surface area contributed by atoms with Gasteiger partial charge >= 0.3 is 6.18 Å². The summed E-state index contributed by atoms with van der Waals surface area (Å²) in [6, 6.07) is 18.5. The van der Waals surface area contributed by atoms with Gasteiger partial charge in [0.2, 0.25) is 11.8 Å². The van der Waals surface area contributed by atoms with Crippen LogP contribution in [-0.4, -0.2) is 70.3 Å². The smallest absolute Gasteiger partial charge is 0.322 e. The molecule has 43 heavy (non-hydrogen) atoms. The van der Waals surface area contributed by atoms with E-state index in [0.717, 1.165) is 11.1 Å². The van der Waals surface area contributed by atoms with E-state index in [-0.39, 0.29) is 61.8 Å². The molecule has 7 nitrogen and oxygen atoms in total. The van der Waals surface area contributed by atoms with Crippen LogP contribution in [0.4, 0.5) is 17.6 Å². The summed E-state index contributed by atoms with van der Waals surface area (Å²) in [5.74, 6) is -2.33. The quantitative estimate of drug-likeness (QED) is 0.338. The number of nitrogens with zero attached hydrogens (tertiary/aromatic N) is 3. The molecule has 3 aromatic rings. The zero-order valence-corrected chi connectivity index (χ0v) is 23.2. The van der Waals surface area contributed by atoms with E-state index < -0.39 is 41.8 Å². The molecule has 0 radical (unpaired) electrons. The molecular weight excluding hydrogens is 564 g/mol. The second-order valence-corrected chi connectivity index (χ2v) is 11.2. The van der Waals surface area contributed by atoms with Crippen molar-refractivity contribution in [2.24, 2.45) is 0 Å². The van der Waals surface area contributed by atoms with Gasteiger partial charge in [-0.3, -0.25) is 29.5 Å². The highest BCUT2D eigenvalue weighted by molar-refractivity contribution is 6.05. The van der Waals surface area contributed by atoms with Crippen LogP contribution in [0, 0.1) is 5.82 Å². The summed E-state index contributed by atoms with van der Waals surface area (Å²) in [5, 5.41) is 2.20. The predicted molar refractivity (Wildman–Crippen MR) is 149 cm³/mol. The summed E-state index contributed by atoms with van der Waals surface area (Å²) in [4.78, 5) is 41.2. The summed E-state index contributed by atoms with van der Waals surface area (Å²) in [7, 11) is 0. The molecule has 2 atom stereocenters. The number of benzene rings is 3. The maximum absolute atomic E-state index is 15.8. The molecule has 3 heterocycles. The Kier molecular flexibility index (Phi) is 7.78. The Morgan fingerprint density at radius 2 is 1.53 bits per heavy atom. The van der Waals surface area contributed by atoms with E-state index in [4.69, 9.17) is 0 Å². The minimum atomic E-state index is -4.57. The first kappa shape index (κ1) is 29.0. The van der Waals surface area contributed by atoms with Crippen LogP contribution in [0.2, 0.25) is 0 Å². The van der Waals surface area contributed by atoms with Crippen molar-refractivity contribution in [3.63, 3.8) is 0 Å². The van der Waals surface area contributed by atoms with E-state index in [9.17, 15) is 27.6 Å². The van der Waals surface area contributed by atoms with Crippen LogP contribution in [0.25, 0.3) is 0 Å². The van der Waals surface area contributed by atoms with Crippen molar-refractivity contribution >= 4 is 17.7 Å². The van der Waals surface area contributed by atoms with Gasteiger partial charge in [-0.15, -0.1) is 0 Å². The van der Waals surface area contributed by atoms with Crippen LogP contribution in [0.15, 0.2) is 72.8 Å². The van der Waals surface area contributed by atoms with Crippen molar-refractivity contribution in [1.29, 1.82) is 0 Å². The van der Waals surface area contributed by atoms with Crippen LogP contribution in [0.5, 0.6) is 0 Å². The van der Waals surface area contributed by atoms with Gasteiger partial charge in [0.15, 0.2) is 0 Å². The van der Waals surface area contributed by atoms with E-state index in [2.05, 4.69) is 5.32 Å². The Balaban J connectivity index is 1.24. The molecule has 224 valence electrons. The third-order valence-electron chi connectivity index (χ3n) is 8.60. The van der Waals surface area contributed by atoms with Gasteiger partial charge in [0, 0.05) is 49.3 Å². The number of alkyl halides is 3. The maximum Gasteiger partial charge on any atom is 0.405 e. The van der Waals surface area contributed by atoms with Crippen LogP contribution >= 0.6 is 0 Å². The first-order valence-corrected chi connectivity index (χ1v) is 14.2. The summed E-state index contributed by atoms with van der Waals surface area (Å²) in [6.45, 7) is -0.392. The number of hydrogen-bond donors (Lipinski definition) is 1. The molecule has 3 aliphatic heterocycles. The van der Waals surface area contributed by atoms with Crippen molar-refractivity contribution in [2.75, 3.05) is 19.6 Å². The molecule has 2 unspecified atom stereocenters. The highest BCUT2D eigenvalue weighted by Crippen LogP contribution is 2.37. The number of hydrogen-bond acceptors (Lipinski definition) is 5. The van der Waals surface area contributed by atoms with Crippen LogP contribution < -0.4 is 5.32 Å². The van der Waals surface area contributed by atoms with Crippen molar-refractivity contribution < 1.29 is 31.9 Å². The van der Waals surface area contributed by atoms with E-state index in [0.29, 0.717) is 6.54 Å². The van der Waals surface area contributed by atoms with Crippen LogP contribution in [-0.2, 0) is 22.7 Å². The van der Waals surface area contributed by atoms with E-state index in [1.54, 1.807) is 0 Å². The minimum Gasteiger partial charge on any atom is -0.322 e. The molecular formula is C32H30F4N4O3. The fourth-order valence-electron chi connectivity index (χ4n) is 6.45. The molecule has 2 fully saturated rings. The maximum atomic E-state index is 15.8. The first-order valence-electron chi connectivity index (χ1n) is 14.2. The van der Waals surface area contributed by atoms with Crippen molar-refractivity contribution in [3.8, 4) is 0 Å². The largest absolute Gasteiger partial charge is 0.405 e. The van der Waals surface area contributed by atoms with Gasteiger partial charge in [0.1, 0.15) is 17.9 Å². The number of halogens is 4. The van der Waals surface area contributed by atoms with Crippen molar-refractivity contribution in [1.82, 2.24) is 20.0 Å². The molecule has 0 spiro atoms. The summed E-state index contributed by atoms with van der Waals surface area (Å²) < 4.78 is 59.5. The van der Waals surface area contributed by atoms with Crippen molar-refractivity contribution in [2.45, 2.75) is 50.2 Å². The summed E-state index contributed by atoms with van der Waals surface area (Å²) in [5.41, 5.74) is 1.97. The fraction of sp³-hybridized carbons (Fsp3) is 0.344. The summed E-state index contributed by atoms with van der Waals surface area (Å²) >= 11 is 0. The number of piperidine rings is 1. The van der Waals surface area contributed by atoms with Gasteiger partial charge in [-0.05, 0) is 23.6 Å². The fourth-order valence-corrected chi connectivity index (χ4v) is 6.45. The molecule has 0 aromatic heterocycles. The van der Waals surface area contributed by atoms with Gasteiger partial charge in [0.05, 0.1) is 12.6 Å². The molecule has 2 saturated heterocycles. The van der Waals surface area contributed by atoms with Crippen LogP contribution in [0.1, 0.15) is 51.5 Å². The third-order valence-corrected chi connectivity index (χ3v) is 8.60. The van der Waals surface area contributed by atoms with Gasteiger partial charge < -0.3 is 4.90 Å². The Bertz CT molecular complexity index is 1490. The molecule has 3 aliphatic rings. The summed E-state index contributed by atoms with van der Waals surface area (Å²) in [6.07, 6.45) is -4.38. The highest BCUT2D eigenvalue weighted by Gasteiger charge is 2.48. The van der Waals surface area contributed by atoms with E-state index in [1.807, 2.05) is 65.6 Å². The molecule has 0 aliphatic carbocycles. The lowest BCUT2D eigenvalue weighted by Crippen LogP contribution is -2.59. The average molecular weight is 595 g/mol. The SMILES string of the molecule is O=C1CCC(N2Cc3c(ccc(CN4CCN(C(c5ccccc5)c5ccccc5)CC4C(F)(F)F)c3F)C2=O)C(=O)N1. The van der Waals surface area contributed by atoms with Gasteiger partial charge in [0.25, 0.3) is 5.91 Å². The molecule has 0 bridgehead atoms. The van der Waals surface area contributed by atoms with Crippen molar-refractivity contribution in [3.05, 3.63) is 106 Å². The van der Waals surface area contributed by atoms with Crippen LogP contribution in [0.3, 0.4) is 0 Å². The number of amides is 3. The molecule has 11 heteroatoms. The van der Waals surface area contributed by atoms with E-state index >= 15 is 4.39 Å². The molecule has 6 rings (SSSR count). The zero-order chi connectivity index (χ0) is 30.3. The van der Waals surface area contributed by atoms with E-state index in [1.165, 1.54) is 21.9 Å². The number of rotatable bonds is 6. The number of fused-ring (bicyclic) bond motifs is 1. The predicted octanol–water partition coefficient (Wildman–Crippen LogP) is 4.42. The van der Waals surface area contributed by atoms with Gasteiger partial charge in [-0.1, -0.05) is 66.7 Å². The number of piperazine rings is 1. The Morgan fingerprint density at radius 3 is 2.14 bits per heavy atom. The molecule has 0 saturated carbocycles. The zero-order valence-electron chi connectivity index (χ0n) is 23.2. The topological polar surface area (TPSA) is 73.0 Å². The van der Waals surface area contributed by atoms with Gasteiger partial charge in [-0.25, -0.2) is 4.39 Å². The number of imide groups is 1. The standard InChI is InChI=1S/C32H30F4N4O3/c33-28-22(11-12-23-24(28)18-40(31(23)43)25-13-14-27(41)37-30(25)42)17-38-15-16-39(19-26(38)32(34,35)36)29(20-7-3-1-4-8-20)21-9-5-2-6-10-21/h1-12,25-26,29H,13-19H2,(H,37,41,42). The number of carbonyl (C=O) groups excluding carboxylic acids is 3. The molecule has 3 aromatic carbocycles. The average Bonchev–Trinajstić information content (AvgIpc) is 3.32. The molecule has 1 N–H and O–H groups in total. The lowest BCUT2D eigenvalue weighted by molar-refractivity contribution is -0.200. The monoisotopic (exact) mass is 594 g/mol. The normalized spacial score (nSPS) is 21.8. The second kappa shape index (κ2) is 11.5. The third kappa shape index (κ3) is 5.66. The Morgan fingerprint density at radius 1 is 0.884 bits per heavy atom. The van der Waals surface area contributed by atoms with Gasteiger partial charge in [-0.2, -0.15) is 13.2 Å². The highest BCUT2D eigenvalue weighted by atomic mass is 19.4. The minimum absolute atomic E-state index is 0.0538. The Hall–Kier alpha value is -4.09. The first-order chi connectivity index (χ1) is 20.6.